The molecule has 0 spiro atoms. The molecule has 9 nitrogen and oxygen atoms in total. The smallest absolute Gasteiger partial charge is 0.317 e. The van der Waals surface area contributed by atoms with E-state index in [0.29, 0.717) is 24.8 Å². The molecule has 1 atom stereocenters. The number of amides is 2. The molecule has 2 N–H and O–H groups in total. The van der Waals surface area contributed by atoms with E-state index in [1.54, 1.807) is 23.4 Å². The van der Waals surface area contributed by atoms with Crippen molar-refractivity contribution in [2.24, 2.45) is 0 Å². The molecule has 4 rings (SSSR count). The number of nitrogens with one attached hydrogen (secondary N) is 2. The highest BCUT2D eigenvalue weighted by molar-refractivity contribution is 5.74. The van der Waals surface area contributed by atoms with Gasteiger partial charge in [-0.1, -0.05) is 6.07 Å². The maximum Gasteiger partial charge on any atom is 0.317 e. The van der Waals surface area contributed by atoms with E-state index < -0.39 is 0 Å². The molecule has 0 aromatic carbocycles. The molecule has 0 aliphatic carbocycles. The van der Waals surface area contributed by atoms with E-state index in [4.69, 9.17) is 0 Å². The number of piperidine rings is 1. The average molecular weight is 352 g/mol. The molecule has 1 aliphatic heterocycles. The van der Waals surface area contributed by atoms with Crippen LogP contribution in [0.15, 0.2) is 43.2 Å². The molecule has 1 aliphatic rings. The van der Waals surface area contributed by atoms with Crippen molar-refractivity contribution in [2.45, 2.75) is 25.3 Å². The normalized spacial score (nSPS) is 17.2. The van der Waals surface area contributed by atoms with Crippen molar-refractivity contribution in [3.05, 3.63) is 54.5 Å². The maximum atomic E-state index is 12.5. The van der Waals surface area contributed by atoms with Gasteiger partial charge in [0.15, 0.2) is 5.82 Å². The summed E-state index contributed by atoms with van der Waals surface area (Å²) in [5.74, 6) is 1.01. The fourth-order valence-corrected chi connectivity index (χ4v) is 3.18. The van der Waals surface area contributed by atoms with E-state index in [0.717, 1.165) is 30.6 Å². The van der Waals surface area contributed by atoms with Gasteiger partial charge in [0.25, 0.3) is 0 Å². The van der Waals surface area contributed by atoms with Gasteiger partial charge in [0, 0.05) is 43.6 Å². The zero-order valence-corrected chi connectivity index (χ0v) is 14.2. The maximum absolute atomic E-state index is 12.5. The molecule has 0 bridgehead atoms. The average Bonchev–Trinajstić information content (AvgIpc) is 3.40. The predicted octanol–water partition coefficient (Wildman–Crippen LogP) is 1.47. The van der Waals surface area contributed by atoms with E-state index in [1.807, 2.05) is 23.1 Å². The Morgan fingerprint density at radius 1 is 1.35 bits per heavy atom. The molecule has 1 saturated heterocycles. The highest BCUT2D eigenvalue weighted by Gasteiger charge is 2.25. The van der Waals surface area contributed by atoms with Gasteiger partial charge in [-0.05, 0) is 30.5 Å². The first-order valence-corrected chi connectivity index (χ1v) is 8.61. The van der Waals surface area contributed by atoms with Crippen molar-refractivity contribution >= 4 is 6.03 Å². The molecule has 1 unspecified atom stereocenters. The van der Waals surface area contributed by atoms with E-state index in [9.17, 15) is 4.79 Å². The van der Waals surface area contributed by atoms with Crippen LogP contribution in [0, 0.1) is 0 Å². The summed E-state index contributed by atoms with van der Waals surface area (Å²) in [5.41, 5.74) is 2.03. The zero-order chi connectivity index (χ0) is 17.8. The number of likely N-dealkylation sites (tertiary alicyclic amines) is 1. The number of aromatic nitrogens is 6. The van der Waals surface area contributed by atoms with Crippen LogP contribution in [0.2, 0.25) is 0 Å². The van der Waals surface area contributed by atoms with Crippen molar-refractivity contribution < 1.29 is 4.79 Å². The Hall–Kier alpha value is -3.23. The van der Waals surface area contributed by atoms with Crippen LogP contribution in [0.4, 0.5) is 4.79 Å². The number of H-pyrrole nitrogens is 1. The number of hydrogen-bond donors (Lipinski definition) is 2. The van der Waals surface area contributed by atoms with E-state index in [2.05, 4.69) is 30.6 Å². The number of pyridine rings is 1. The van der Waals surface area contributed by atoms with Crippen LogP contribution in [0.5, 0.6) is 0 Å². The van der Waals surface area contributed by atoms with Crippen molar-refractivity contribution in [3.8, 4) is 5.82 Å². The van der Waals surface area contributed by atoms with Gasteiger partial charge in [-0.25, -0.2) is 19.4 Å². The van der Waals surface area contributed by atoms with Crippen molar-refractivity contribution in [1.29, 1.82) is 0 Å². The summed E-state index contributed by atoms with van der Waals surface area (Å²) >= 11 is 0. The molecule has 134 valence electrons. The van der Waals surface area contributed by atoms with E-state index >= 15 is 0 Å². The highest BCUT2D eigenvalue weighted by Crippen LogP contribution is 2.25. The lowest BCUT2D eigenvalue weighted by Gasteiger charge is -2.32. The van der Waals surface area contributed by atoms with Gasteiger partial charge in [-0.2, -0.15) is 10.2 Å². The summed E-state index contributed by atoms with van der Waals surface area (Å²) in [7, 11) is 0. The van der Waals surface area contributed by atoms with E-state index in [-0.39, 0.29) is 6.03 Å². The highest BCUT2D eigenvalue weighted by atomic mass is 16.2. The number of carbonyl (C=O) groups is 1. The third kappa shape index (κ3) is 3.56. The van der Waals surface area contributed by atoms with Gasteiger partial charge in [-0.3, -0.25) is 5.10 Å². The van der Waals surface area contributed by atoms with Crippen molar-refractivity contribution in [2.75, 3.05) is 13.1 Å². The van der Waals surface area contributed by atoms with Crippen LogP contribution < -0.4 is 5.32 Å². The lowest BCUT2D eigenvalue weighted by Crippen LogP contribution is -2.44. The minimum Gasteiger partial charge on any atom is -0.334 e. The Balaban J connectivity index is 1.32. The van der Waals surface area contributed by atoms with Gasteiger partial charge >= 0.3 is 6.03 Å². The predicted molar refractivity (Wildman–Crippen MR) is 93.5 cm³/mol. The van der Waals surface area contributed by atoms with Gasteiger partial charge in [0.05, 0.1) is 0 Å². The van der Waals surface area contributed by atoms with Crippen molar-refractivity contribution in [3.63, 3.8) is 0 Å². The van der Waals surface area contributed by atoms with Crippen LogP contribution in [0.25, 0.3) is 5.82 Å². The second kappa shape index (κ2) is 7.34. The Labute approximate surface area is 150 Å². The second-order valence-corrected chi connectivity index (χ2v) is 6.32. The van der Waals surface area contributed by atoms with Crippen LogP contribution in [-0.2, 0) is 6.54 Å². The summed E-state index contributed by atoms with van der Waals surface area (Å²) in [5, 5.41) is 14.0. The Morgan fingerprint density at radius 2 is 2.31 bits per heavy atom. The first-order valence-electron chi connectivity index (χ1n) is 8.61. The third-order valence-corrected chi connectivity index (χ3v) is 4.58. The molecule has 26 heavy (non-hydrogen) atoms. The second-order valence-electron chi connectivity index (χ2n) is 6.32. The number of carbonyl (C=O) groups excluding carboxylic acids is 1. The lowest BCUT2D eigenvalue weighted by atomic mass is 9.95. The van der Waals surface area contributed by atoms with Crippen molar-refractivity contribution in [1.82, 2.24) is 40.2 Å². The molecule has 0 radical (unpaired) electrons. The first-order chi connectivity index (χ1) is 12.8. The minimum absolute atomic E-state index is 0.0467. The summed E-state index contributed by atoms with van der Waals surface area (Å²) < 4.78 is 1.59. The fourth-order valence-electron chi connectivity index (χ4n) is 3.18. The zero-order valence-electron chi connectivity index (χ0n) is 14.2. The van der Waals surface area contributed by atoms with Crippen LogP contribution in [0.1, 0.15) is 30.0 Å². The number of aromatic amines is 1. The number of hydrogen-bond acceptors (Lipinski definition) is 5. The topological polar surface area (TPSA) is 105 Å². The molecular weight excluding hydrogens is 332 g/mol. The van der Waals surface area contributed by atoms with Crippen LogP contribution in [0.3, 0.4) is 0 Å². The Morgan fingerprint density at radius 3 is 3.04 bits per heavy atom. The fraction of sp³-hybridized carbons (Fsp3) is 0.353. The lowest BCUT2D eigenvalue weighted by molar-refractivity contribution is 0.178. The number of rotatable bonds is 4. The van der Waals surface area contributed by atoms with Gasteiger partial charge in [0.1, 0.15) is 12.7 Å². The SMILES string of the molecule is O=C(NCc1ccc(-n2cncn2)nc1)N1CCCC(c2ccn[nH]2)C1. The summed E-state index contributed by atoms with van der Waals surface area (Å²) in [6.45, 7) is 1.92. The first kappa shape index (κ1) is 16.2. The third-order valence-electron chi connectivity index (χ3n) is 4.58. The van der Waals surface area contributed by atoms with Crippen LogP contribution in [-0.4, -0.2) is 54.0 Å². The molecule has 9 heteroatoms. The Kier molecular flexibility index (Phi) is 4.59. The largest absolute Gasteiger partial charge is 0.334 e. The standard InChI is InChI=1S/C17H20N8O/c26-17(24-7-1-2-14(10-24)15-5-6-21-23-15)20-9-13-3-4-16(19-8-13)25-12-18-11-22-25/h3-6,8,11-12,14H,1-2,7,9-10H2,(H,20,26)(H,21,23). The molecular formula is C17H20N8O. The minimum atomic E-state index is -0.0467. The molecule has 0 saturated carbocycles. The molecule has 3 aromatic heterocycles. The Bertz CT molecular complexity index is 828. The number of nitrogens with zero attached hydrogens (tertiary/aromatic N) is 6. The quantitative estimate of drug-likeness (QED) is 0.740. The summed E-state index contributed by atoms with van der Waals surface area (Å²) in [4.78, 5) is 22.6. The molecule has 1 fully saturated rings. The molecule has 2 amide bonds. The van der Waals surface area contributed by atoms with Gasteiger partial charge < -0.3 is 10.2 Å². The number of urea groups is 1. The van der Waals surface area contributed by atoms with Crippen LogP contribution >= 0.6 is 0 Å². The monoisotopic (exact) mass is 352 g/mol. The molecule has 3 aromatic rings. The van der Waals surface area contributed by atoms with E-state index in [1.165, 1.54) is 6.33 Å². The summed E-state index contributed by atoms with van der Waals surface area (Å²) in [6, 6.07) is 5.71. The summed E-state index contributed by atoms with van der Waals surface area (Å²) in [6.07, 6.45) is 8.61. The molecule has 4 heterocycles. The van der Waals surface area contributed by atoms with Gasteiger partial charge in [0.2, 0.25) is 0 Å². The van der Waals surface area contributed by atoms with Gasteiger partial charge in [-0.15, -0.1) is 0 Å².